The Labute approximate surface area is 220 Å². The van der Waals surface area contributed by atoms with Crippen LogP contribution in [0, 0.1) is 40.4 Å². The van der Waals surface area contributed by atoms with Crippen molar-refractivity contribution in [3.63, 3.8) is 0 Å². The highest BCUT2D eigenvalue weighted by Crippen LogP contribution is 2.65. The minimum atomic E-state index is -2.32. The summed E-state index contributed by atoms with van der Waals surface area (Å²) in [5.41, 5.74) is -4.25. The van der Waals surface area contributed by atoms with Crippen molar-refractivity contribution >= 4 is 17.3 Å². The number of ketones is 3. The first-order valence-corrected chi connectivity index (χ1v) is 14.2. The summed E-state index contributed by atoms with van der Waals surface area (Å²) in [5.74, 6) is -5.02. The van der Waals surface area contributed by atoms with Crippen LogP contribution < -0.4 is 0 Å². The van der Waals surface area contributed by atoms with Gasteiger partial charge in [0.1, 0.15) is 23.6 Å². The van der Waals surface area contributed by atoms with Crippen molar-refractivity contribution in [2.75, 3.05) is 14.1 Å². The first-order chi connectivity index (χ1) is 17.1. The van der Waals surface area contributed by atoms with Gasteiger partial charge in [0, 0.05) is 17.4 Å². The fourth-order valence-corrected chi connectivity index (χ4v) is 9.27. The van der Waals surface area contributed by atoms with Crippen molar-refractivity contribution in [1.29, 1.82) is 0 Å². The van der Waals surface area contributed by atoms with Gasteiger partial charge in [0.05, 0.1) is 18.1 Å². The van der Waals surface area contributed by atoms with Gasteiger partial charge < -0.3 is 25.3 Å². The third-order valence-electron chi connectivity index (χ3n) is 10.9. The molecular weight excluding hydrogens is 474 g/mol. The minimum absolute atomic E-state index is 0.0135. The van der Waals surface area contributed by atoms with Gasteiger partial charge in [-0.2, -0.15) is 0 Å². The van der Waals surface area contributed by atoms with Crippen LogP contribution in [0.3, 0.4) is 0 Å². The highest BCUT2D eigenvalue weighted by Gasteiger charge is 2.74. The van der Waals surface area contributed by atoms with Gasteiger partial charge in [0.15, 0.2) is 11.4 Å². The van der Waals surface area contributed by atoms with Crippen LogP contribution in [0.25, 0.3) is 0 Å². The fourth-order valence-electron chi connectivity index (χ4n) is 9.27. The van der Waals surface area contributed by atoms with Crippen LogP contribution in [-0.4, -0.2) is 86.7 Å². The predicted molar refractivity (Wildman–Crippen MR) is 137 cm³/mol. The zero-order valence-electron chi connectivity index (χ0n) is 23.3. The molecule has 37 heavy (non-hydrogen) atoms. The Hall–Kier alpha value is -1.19. The van der Waals surface area contributed by atoms with E-state index in [9.17, 15) is 34.8 Å². The van der Waals surface area contributed by atoms with Crippen molar-refractivity contribution in [3.05, 3.63) is 0 Å². The maximum Gasteiger partial charge on any atom is 0.180 e. The summed E-state index contributed by atoms with van der Waals surface area (Å²) in [6, 6.07) is 0.0909. The van der Waals surface area contributed by atoms with Gasteiger partial charge in [-0.1, -0.05) is 40.0 Å². The van der Waals surface area contributed by atoms with E-state index < -0.39 is 64.1 Å². The van der Waals surface area contributed by atoms with Gasteiger partial charge in [-0.15, -0.1) is 0 Å². The van der Waals surface area contributed by atoms with Crippen LogP contribution in [-0.2, 0) is 14.4 Å². The van der Waals surface area contributed by atoms with E-state index in [1.807, 2.05) is 21.0 Å². The van der Waals surface area contributed by atoms with E-state index in [0.717, 1.165) is 32.1 Å². The molecule has 4 N–H and O–H groups in total. The summed E-state index contributed by atoms with van der Waals surface area (Å²) in [5, 5.41) is 45.9. The zero-order valence-corrected chi connectivity index (χ0v) is 23.3. The van der Waals surface area contributed by atoms with Crippen LogP contribution in [0.15, 0.2) is 0 Å². The van der Waals surface area contributed by atoms with Crippen LogP contribution >= 0.6 is 0 Å². The normalized spacial score (nSPS) is 49.9. The Balaban J connectivity index is 1.75. The Bertz CT molecular complexity index is 937. The number of rotatable bonds is 6. The van der Waals surface area contributed by atoms with Crippen LogP contribution in [0.2, 0.25) is 0 Å². The Kier molecular flexibility index (Phi) is 7.61. The number of carbonyl (C=O) groups excluding carboxylic acids is 3. The van der Waals surface area contributed by atoms with Gasteiger partial charge in [0.2, 0.25) is 0 Å². The molecule has 8 heteroatoms. The molecule has 0 aliphatic heterocycles. The largest absolute Gasteiger partial charge is 0.392 e. The molecule has 0 amide bonds. The van der Waals surface area contributed by atoms with Gasteiger partial charge >= 0.3 is 0 Å². The number of aliphatic hydroxyl groups excluding tert-OH is 3. The third-order valence-corrected chi connectivity index (χ3v) is 10.9. The van der Waals surface area contributed by atoms with E-state index in [4.69, 9.17) is 0 Å². The second kappa shape index (κ2) is 9.77. The highest BCUT2D eigenvalue weighted by molar-refractivity contribution is 6.08. The first-order valence-electron chi connectivity index (χ1n) is 14.2. The monoisotopic (exact) mass is 521 g/mol. The van der Waals surface area contributed by atoms with Gasteiger partial charge in [-0.25, -0.2) is 0 Å². The molecule has 4 fully saturated rings. The van der Waals surface area contributed by atoms with Gasteiger partial charge in [0.25, 0.3) is 0 Å². The summed E-state index contributed by atoms with van der Waals surface area (Å²) in [6.07, 6.45) is 1.77. The molecule has 0 spiro atoms. The van der Waals surface area contributed by atoms with E-state index in [-0.39, 0.29) is 36.5 Å². The second-order valence-electron chi connectivity index (χ2n) is 13.6. The molecule has 4 aliphatic carbocycles. The lowest BCUT2D eigenvalue weighted by molar-refractivity contribution is -0.256. The predicted octanol–water partition coefficient (Wildman–Crippen LogP) is 1.75. The number of carbonyl (C=O) groups is 3. The highest BCUT2D eigenvalue weighted by atomic mass is 16.4. The van der Waals surface area contributed by atoms with Crippen molar-refractivity contribution in [2.24, 2.45) is 40.4 Å². The van der Waals surface area contributed by atoms with E-state index in [1.165, 1.54) is 6.92 Å². The van der Waals surface area contributed by atoms with Crippen LogP contribution in [0.4, 0.5) is 0 Å². The van der Waals surface area contributed by atoms with Crippen LogP contribution in [0.1, 0.15) is 79.1 Å². The van der Waals surface area contributed by atoms with Crippen LogP contribution in [0.5, 0.6) is 0 Å². The van der Waals surface area contributed by atoms with E-state index in [0.29, 0.717) is 6.42 Å². The Morgan fingerprint density at radius 1 is 1.08 bits per heavy atom. The Morgan fingerprint density at radius 2 is 1.73 bits per heavy atom. The molecule has 4 rings (SSSR count). The summed E-state index contributed by atoms with van der Waals surface area (Å²) in [6.45, 7) is 6.97. The third kappa shape index (κ3) is 4.17. The van der Waals surface area contributed by atoms with Crippen molar-refractivity contribution in [1.82, 2.24) is 4.90 Å². The molecule has 210 valence electrons. The maximum atomic E-state index is 14.3. The molecule has 0 radical (unpaired) electrons. The number of Topliss-reactive ketones (excluding diaryl/α,β-unsaturated/α-hetero) is 3. The zero-order chi connectivity index (χ0) is 27.7. The van der Waals surface area contributed by atoms with Gasteiger partial charge in [-0.05, 0) is 70.4 Å². The number of hydrogen-bond donors (Lipinski definition) is 4. The summed E-state index contributed by atoms with van der Waals surface area (Å²) in [4.78, 5) is 42.3. The average Bonchev–Trinajstić information content (AvgIpc) is 2.77. The second-order valence-corrected chi connectivity index (χ2v) is 13.6. The van der Waals surface area contributed by atoms with E-state index >= 15 is 0 Å². The molecular formula is C29H47NO7. The molecule has 0 bridgehead atoms. The van der Waals surface area contributed by atoms with Crippen molar-refractivity contribution < 1.29 is 34.8 Å². The molecule has 8 nitrogen and oxygen atoms in total. The SMILES string of the molecule is CCCCCC1CC(N(C)C)C2C[C@@]3(C)C[C@@]4(C)CC(O)C(C(C)=O)C(=O)[C@@]4(O)C(O)C3C(=O)C2C1O. The standard InChI is InChI=1S/C29H47NO7/c1-7-8-9-10-16-11-18(30(5)6)17-12-27(3)14-28(4)13-19(32)20(15(2)31)25(35)29(28,37)26(36)22(27)24(34)21(17)23(16)33/h16-23,26,32-33,36-37H,7-14H2,1-6H3/t16?,17?,18?,19?,20?,21?,22?,23?,26?,27-,28+,29+/m0/s1. The molecule has 0 heterocycles. The molecule has 9 unspecified atom stereocenters. The van der Waals surface area contributed by atoms with Crippen molar-refractivity contribution in [2.45, 2.75) is 109 Å². The lowest BCUT2D eigenvalue weighted by atomic mass is 9.40. The summed E-state index contributed by atoms with van der Waals surface area (Å²) >= 11 is 0. The fraction of sp³-hybridized carbons (Fsp3) is 0.897. The smallest absolute Gasteiger partial charge is 0.180 e. The van der Waals surface area contributed by atoms with Gasteiger partial charge in [-0.3, -0.25) is 14.4 Å². The number of fused-ring (bicyclic) bond motifs is 3. The lowest BCUT2D eigenvalue weighted by Crippen LogP contribution is -2.77. The lowest BCUT2D eigenvalue weighted by Gasteiger charge is -2.66. The molecule has 0 aromatic rings. The van der Waals surface area contributed by atoms with Crippen molar-refractivity contribution in [3.8, 4) is 0 Å². The molecule has 0 saturated heterocycles. The quantitative estimate of drug-likeness (QED) is 0.307. The van der Waals surface area contributed by atoms with E-state index in [1.54, 1.807) is 6.92 Å². The molecule has 0 aromatic carbocycles. The number of unbranched alkanes of at least 4 members (excludes halogenated alkanes) is 2. The molecule has 12 atom stereocenters. The topological polar surface area (TPSA) is 135 Å². The number of nitrogens with zero attached hydrogens (tertiary/aromatic N) is 1. The molecule has 0 aromatic heterocycles. The van der Waals surface area contributed by atoms with E-state index in [2.05, 4.69) is 11.8 Å². The molecule has 4 aliphatic rings. The average molecular weight is 522 g/mol. The summed E-state index contributed by atoms with van der Waals surface area (Å²) < 4.78 is 0. The maximum absolute atomic E-state index is 14.3. The Morgan fingerprint density at radius 3 is 2.30 bits per heavy atom. The molecule has 4 saturated carbocycles. The number of hydrogen-bond acceptors (Lipinski definition) is 8. The number of aliphatic hydroxyl groups is 4. The summed E-state index contributed by atoms with van der Waals surface area (Å²) in [7, 11) is 4.02. The minimum Gasteiger partial charge on any atom is -0.392 e. The first kappa shape index (κ1) is 28.8.